The van der Waals surface area contributed by atoms with Crippen LogP contribution in [0.2, 0.25) is 0 Å². The molecule has 2 aromatic heterocycles. The van der Waals surface area contributed by atoms with Gasteiger partial charge in [-0.25, -0.2) is 15.0 Å². The number of rotatable bonds is 8. The first-order valence-electron chi connectivity index (χ1n) is 7.24. The molecule has 7 heteroatoms. The monoisotopic (exact) mass is 308 g/mol. The Balaban J connectivity index is 1.86. The molecule has 0 fully saturated rings. The Morgan fingerprint density at radius 2 is 2.19 bits per heavy atom. The molecular weight excluding hydrogens is 284 g/mol. The largest absolute Gasteiger partial charge is 0.382 e. The van der Waals surface area contributed by atoms with Crippen molar-refractivity contribution in [3.05, 3.63) is 12.7 Å². The van der Waals surface area contributed by atoms with Gasteiger partial charge in [0, 0.05) is 12.6 Å². The third-order valence-electron chi connectivity index (χ3n) is 3.83. The van der Waals surface area contributed by atoms with Crippen molar-refractivity contribution in [2.45, 2.75) is 32.4 Å². The number of aryl methyl sites for hydroxylation is 1. The van der Waals surface area contributed by atoms with Crippen LogP contribution in [0.4, 0.5) is 5.82 Å². The predicted molar refractivity (Wildman–Crippen MR) is 89.4 cm³/mol. The highest BCUT2D eigenvalue weighted by Crippen LogP contribution is 2.14. The number of nitrogen functional groups attached to an aromatic ring is 1. The lowest BCUT2D eigenvalue weighted by Gasteiger charge is -2.24. The molecule has 2 rings (SSSR count). The highest BCUT2D eigenvalue weighted by Gasteiger charge is 2.10. The van der Waals surface area contributed by atoms with Crippen LogP contribution in [0, 0.1) is 0 Å². The van der Waals surface area contributed by atoms with Crippen LogP contribution >= 0.6 is 11.8 Å². The fraction of sp³-hybridized carbons (Fsp3) is 0.643. The summed E-state index contributed by atoms with van der Waals surface area (Å²) in [5.41, 5.74) is 7.31. The van der Waals surface area contributed by atoms with Crippen LogP contribution in [0.1, 0.15) is 19.8 Å². The van der Waals surface area contributed by atoms with Crippen LogP contribution < -0.4 is 5.73 Å². The lowest BCUT2D eigenvalue weighted by molar-refractivity contribution is 0.246. The SMILES string of the molecule is CSCCC(C)N(C)CCCn1cnc2c(N)ncnc21. The average molecular weight is 308 g/mol. The second-order valence-corrected chi connectivity index (χ2v) is 6.32. The first-order valence-corrected chi connectivity index (χ1v) is 8.63. The summed E-state index contributed by atoms with van der Waals surface area (Å²) in [6.45, 7) is 4.25. The van der Waals surface area contributed by atoms with E-state index in [0.29, 0.717) is 17.4 Å². The summed E-state index contributed by atoms with van der Waals surface area (Å²) in [6, 6.07) is 0.620. The van der Waals surface area contributed by atoms with E-state index < -0.39 is 0 Å². The number of hydrogen-bond acceptors (Lipinski definition) is 6. The third-order valence-corrected chi connectivity index (χ3v) is 4.48. The molecular formula is C14H24N6S. The Hall–Kier alpha value is -1.34. The molecule has 0 saturated heterocycles. The van der Waals surface area contributed by atoms with Crippen molar-refractivity contribution in [2.24, 2.45) is 0 Å². The minimum absolute atomic E-state index is 0.446. The molecule has 0 radical (unpaired) electrons. The Morgan fingerprint density at radius 3 is 2.95 bits per heavy atom. The van der Waals surface area contributed by atoms with Gasteiger partial charge in [0.2, 0.25) is 0 Å². The molecule has 0 aliphatic carbocycles. The van der Waals surface area contributed by atoms with Gasteiger partial charge in [-0.05, 0) is 45.4 Å². The van der Waals surface area contributed by atoms with Crippen molar-refractivity contribution in [3.63, 3.8) is 0 Å². The Bertz CT molecular complexity index is 570. The quantitative estimate of drug-likeness (QED) is 0.802. The molecule has 0 spiro atoms. The van der Waals surface area contributed by atoms with Gasteiger partial charge in [-0.2, -0.15) is 11.8 Å². The number of nitrogens with two attached hydrogens (primary N) is 1. The molecule has 6 nitrogen and oxygen atoms in total. The average Bonchev–Trinajstić information content (AvgIpc) is 2.89. The van der Waals surface area contributed by atoms with E-state index in [4.69, 9.17) is 5.73 Å². The Kier molecular flexibility index (Phi) is 5.81. The molecule has 2 aromatic rings. The minimum Gasteiger partial charge on any atom is -0.382 e. The van der Waals surface area contributed by atoms with E-state index in [-0.39, 0.29) is 0 Å². The third kappa shape index (κ3) is 4.07. The lowest BCUT2D eigenvalue weighted by atomic mass is 10.2. The van der Waals surface area contributed by atoms with Crippen molar-refractivity contribution in [2.75, 3.05) is 31.3 Å². The summed E-state index contributed by atoms with van der Waals surface area (Å²) in [5, 5.41) is 0. The number of aromatic nitrogens is 4. The molecule has 2 N–H and O–H groups in total. The van der Waals surface area contributed by atoms with Crippen LogP contribution in [-0.4, -0.2) is 56.1 Å². The molecule has 0 bridgehead atoms. The highest BCUT2D eigenvalue weighted by molar-refractivity contribution is 7.98. The van der Waals surface area contributed by atoms with Crippen LogP contribution in [0.5, 0.6) is 0 Å². The lowest BCUT2D eigenvalue weighted by Crippen LogP contribution is -2.31. The summed E-state index contributed by atoms with van der Waals surface area (Å²) in [7, 11) is 2.19. The number of imidazole rings is 1. The zero-order valence-electron chi connectivity index (χ0n) is 13.0. The molecule has 21 heavy (non-hydrogen) atoms. The van der Waals surface area contributed by atoms with Crippen molar-refractivity contribution in [1.29, 1.82) is 0 Å². The van der Waals surface area contributed by atoms with E-state index in [1.165, 1.54) is 18.5 Å². The molecule has 1 atom stereocenters. The van der Waals surface area contributed by atoms with Crippen molar-refractivity contribution >= 4 is 28.7 Å². The summed E-state index contributed by atoms with van der Waals surface area (Å²) in [5.74, 6) is 1.66. The number of anilines is 1. The standard InChI is InChI=1S/C14H24N6S/c1-11(5-8-21-3)19(2)6-4-7-20-10-18-12-13(15)16-9-17-14(12)20/h9-11H,4-8H2,1-3H3,(H2,15,16,17). The first kappa shape index (κ1) is 16.0. The van der Waals surface area contributed by atoms with Gasteiger partial charge >= 0.3 is 0 Å². The fourth-order valence-electron chi connectivity index (χ4n) is 2.28. The van der Waals surface area contributed by atoms with Crippen molar-refractivity contribution < 1.29 is 0 Å². The number of thioether (sulfide) groups is 1. The zero-order valence-corrected chi connectivity index (χ0v) is 13.8. The maximum Gasteiger partial charge on any atom is 0.165 e. The molecule has 1 unspecified atom stereocenters. The van der Waals surface area contributed by atoms with Crippen LogP contribution in [0.15, 0.2) is 12.7 Å². The van der Waals surface area contributed by atoms with Crippen LogP contribution in [0.3, 0.4) is 0 Å². The first-order chi connectivity index (χ1) is 10.1. The van der Waals surface area contributed by atoms with Gasteiger partial charge in [-0.15, -0.1) is 0 Å². The summed E-state index contributed by atoms with van der Waals surface area (Å²) in [6.07, 6.45) is 7.74. The van der Waals surface area contributed by atoms with Gasteiger partial charge in [0.05, 0.1) is 6.33 Å². The molecule has 116 valence electrons. The van der Waals surface area contributed by atoms with Crippen LogP contribution in [-0.2, 0) is 6.54 Å². The van der Waals surface area contributed by atoms with E-state index in [2.05, 4.69) is 40.1 Å². The summed E-state index contributed by atoms with van der Waals surface area (Å²) >= 11 is 1.91. The van der Waals surface area contributed by atoms with Gasteiger partial charge in [0.25, 0.3) is 0 Å². The molecule has 0 aromatic carbocycles. The topological polar surface area (TPSA) is 72.9 Å². The Morgan fingerprint density at radius 1 is 1.38 bits per heavy atom. The second-order valence-electron chi connectivity index (χ2n) is 5.33. The maximum absolute atomic E-state index is 5.80. The maximum atomic E-state index is 5.80. The van der Waals surface area contributed by atoms with Crippen molar-refractivity contribution in [1.82, 2.24) is 24.4 Å². The molecule has 0 amide bonds. The molecule has 2 heterocycles. The van der Waals surface area contributed by atoms with Crippen LogP contribution in [0.25, 0.3) is 11.2 Å². The zero-order chi connectivity index (χ0) is 15.2. The second kappa shape index (κ2) is 7.61. The van der Waals surface area contributed by atoms with Gasteiger partial charge in [-0.3, -0.25) is 0 Å². The normalized spacial score (nSPS) is 13.1. The molecule has 0 saturated carbocycles. The minimum atomic E-state index is 0.446. The van der Waals surface area contributed by atoms with E-state index >= 15 is 0 Å². The fourth-order valence-corrected chi connectivity index (χ4v) is 2.86. The van der Waals surface area contributed by atoms with E-state index in [0.717, 1.165) is 25.2 Å². The van der Waals surface area contributed by atoms with E-state index in [1.54, 1.807) is 6.33 Å². The van der Waals surface area contributed by atoms with Gasteiger partial charge < -0.3 is 15.2 Å². The number of hydrogen-bond donors (Lipinski definition) is 1. The smallest absolute Gasteiger partial charge is 0.165 e. The number of fused-ring (bicyclic) bond motifs is 1. The summed E-state index contributed by atoms with van der Waals surface area (Å²) in [4.78, 5) is 14.9. The summed E-state index contributed by atoms with van der Waals surface area (Å²) < 4.78 is 2.05. The van der Waals surface area contributed by atoms with Gasteiger partial charge in [0.1, 0.15) is 11.8 Å². The molecule has 0 aliphatic rings. The van der Waals surface area contributed by atoms with E-state index in [9.17, 15) is 0 Å². The highest BCUT2D eigenvalue weighted by atomic mass is 32.2. The van der Waals surface area contributed by atoms with Gasteiger partial charge in [-0.1, -0.05) is 0 Å². The van der Waals surface area contributed by atoms with E-state index in [1.807, 2.05) is 16.3 Å². The van der Waals surface area contributed by atoms with Gasteiger partial charge in [0.15, 0.2) is 11.5 Å². The Labute approximate surface area is 130 Å². The van der Waals surface area contributed by atoms with Crippen molar-refractivity contribution in [3.8, 4) is 0 Å². The predicted octanol–water partition coefficient (Wildman–Crippen LogP) is 1.87. The number of nitrogens with zero attached hydrogens (tertiary/aromatic N) is 5. The molecule has 0 aliphatic heterocycles.